The lowest BCUT2D eigenvalue weighted by atomic mass is 10.1. The molecule has 2 aromatic carbocycles. The van der Waals surface area contributed by atoms with Gasteiger partial charge in [-0.15, -0.1) is 0 Å². The standard InChI is InChI=1S/C23H21N3O5S/c1-15-7-8-26-14-19(24-23(26)11-15)16-3-5-20(29-2)18(12-16)25-32(27,28)17-4-6-21-22(13-17)31-10-9-30-21/h3-8,11-14,25H,9-10H2,1-2H3. The first kappa shape index (κ1) is 20.2. The highest BCUT2D eigenvalue weighted by Crippen LogP contribution is 2.35. The molecule has 0 aliphatic carbocycles. The largest absolute Gasteiger partial charge is 0.495 e. The maximum Gasteiger partial charge on any atom is 0.262 e. The minimum Gasteiger partial charge on any atom is -0.495 e. The van der Waals surface area contributed by atoms with Crippen LogP contribution in [0.25, 0.3) is 16.9 Å². The quantitative estimate of drug-likeness (QED) is 0.495. The predicted octanol–water partition coefficient (Wildman–Crippen LogP) is 3.89. The minimum absolute atomic E-state index is 0.0670. The van der Waals surface area contributed by atoms with E-state index in [4.69, 9.17) is 14.2 Å². The van der Waals surface area contributed by atoms with E-state index >= 15 is 0 Å². The lowest BCUT2D eigenvalue weighted by Crippen LogP contribution is -2.17. The number of aryl methyl sites for hydroxylation is 1. The van der Waals surface area contributed by atoms with Crippen molar-refractivity contribution in [2.45, 2.75) is 11.8 Å². The average Bonchev–Trinajstić information content (AvgIpc) is 3.21. The zero-order valence-corrected chi connectivity index (χ0v) is 18.3. The summed E-state index contributed by atoms with van der Waals surface area (Å²) in [5, 5.41) is 0. The fourth-order valence-electron chi connectivity index (χ4n) is 3.56. The van der Waals surface area contributed by atoms with Crippen molar-refractivity contribution in [3.63, 3.8) is 0 Å². The topological polar surface area (TPSA) is 91.2 Å². The lowest BCUT2D eigenvalue weighted by Gasteiger charge is -2.19. The van der Waals surface area contributed by atoms with E-state index in [9.17, 15) is 8.42 Å². The number of hydrogen-bond donors (Lipinski definition) is 1. The number of benzene rings is 2. The summed E-state index contributed by atoms with van der Waals surface area (Å²) < 4.78 is 47.1. The van der Waals surface area contributed by atoms with Gasteiger partial charge >= 0.3 is 0 Å². The monoisotopic (exact) mass is 451 g/mol. The van der Waals surface area contributed by atoms with Crippen LogP contribution >= 0.6 is 0 Å². The summed E-state index contributed by atoms with van der Waals surface area (Å²) in [4.78, 5) is 4.72. The summed E-state index contributed by atoms with van der Waals surface area (Å²) in [5.74, 6) is 1.33. The fourth-order valence-corrected chi connectivity index (χ4v) is 4.64. The van der Waals surface area contributed by atoms with Crippen molar-refractivity contribution >= 4 is 21.4 Å². The number of sulfonamides is 1. The number of hydrogen-bond acceptors (Lipinski definition) is 6. The zero-order valence-electron chi connectivity index (χ0n) is 17.5. The van der Waals surface area contributed by atoms with Gasteiger partial charge in [0, 0.05) is 24.0 Å². The molecule has 0 radical (unpaired) electrons. The van der Waals surface area contributed by atoms with Crippen molar-refractivity contribution in [3.8, 4) is 28.5 Å². The van der Waals surface area contributed by atoms with Gasteiger partial charge in [0.2, 0.25) is 0 Å². The number of anilines is 1. The maximum absolute atomic E-state index is 13.1. The van der Waals surface area contributed by atoms with Gasteiger partial charge in [-0.05, 0) is 55.0 Å². The highest BCUT2D eigenvalue weighted by Gasteiger charge is 2.21. The smallest absolute Gasteiger partial charge is 0.262 e. The Hall–Kier alpha value is -3.72. The molecule has 4 aromatic rings. The molecule has 9 heteroatoms. The van der Waals surface area contributed by atoms with Crippen LogP contribution in [0.1, 0.15) is 5.56 Å². The molecule has 0 atom stereocenters. The summed E-state index contributed by atoms with van der Waals surface area (Å²) >= 11 is 0. The molecular weight excluding hydrogens is 430 g/mol. The highest BCUT2D eigenvalue weighted by molar-refractivity contribution is 7.92. The van der Waals surface area contributed by atoms with Gasteiger partial charge in [-0.25, -0.2) is 13.4 Å². The van der Waals surface area contributed by atoms with E-state index in [1.54, 1.807) is 18.2 Å². The molecule has 0 unspecified atom stereocenters. The summed E-state index contributed by atoms with van der Waals surface area (Å²) in [5.41, 5.74) is 3.71. The Morgan fingerprint density at radius 2 is 1.84 bits per heavy atom. The van der Waals surface area contributed by atoms with Crippen LogP contribution in [-0.4, -0.2) is 38.1 Å². The molecule has 0 amide bonds. The first-order valence-electron chi connectivity index (χ1n) is 9.99. The second kappa shape index (κ2) is 7.76. The molecule has 1 aliphatic rings. The van der Waals surface area contributed by atoms with Gasteiger partial charge in [0.05, 0.1) is 23.4 Å². The van der Waals surface area contributed by atoms with E-state index in [0.29, 0.717) is 36.1 Å². The number of nitrogens with one attached hydrogen (secondary N) is 1. The van der Waals surface area contributed by atoms with Crippen LogP contribution in [0.2, 0.25) is 0 Å². The summed E-state index contributed by atoms with van der Waals surface area (Å²) in [7, 11) is -2.41. The number of rotatable bonds is 5. The van der Waals surface area contributed by atoms with Gasteiger partial charge in [0.1, 0.15) is 24.6 Å². The minimum atomic E-state index is -3.90. The van der Waals surface area contributed by atoms with Gasteiger partial charge in [0.25, 0.3) is 10.0 Å². The molecule has 0 fully saturated rings. The molecule has 32 heavy (non-hydrogen) atoms. The molecule has 5 rings (SSSR count). The number of nitrogens with zero attached hydrogens (tertiary/aromatic N) is 2. The van der Waals surface area contributed by atoms with Gasteiger partial charge in [0.15, 0.2) is 11.5 Å². The Bertz CT molecular complexity index is 1430. The number of imidazole rings is 1. The SMILES string of the molecule is COc1ccc(-c2cn3ccc(C)cc3n2)cc1NS(=O)(=O)c1ccc2c(c1)OCCO2. The van der Waals surface area contributed by atoms with E-state index in [2.05, 4.69) is 9.71 Å². The van der Waals surface area contributed by atoms with Crippen molar-refractivity contribution in [3.05, 3.63) is 66.5 Å². The molecule has 164 valence electrons. The maximum atomic E-state index is 13.1. The third-order valence-electron chi connectivity index (χ3n) is 5.18. The average molecular weight is 452 g/mol. The lowest BCUT2D eigenvalue weighted by molar-refractivity contribution is 0.171. The van der Waals surface area contributed by atoms with Crippen LogP contribution in [0.15, 0.2) is 65.8 Å². The van der Waals surface area contributed by atoms with E-state index < -0.39 is 10.0 Å². The number of methoxy groups -OCH3 is 1. The normalized spacial score (nSPS) is 13.2. The molecule has 1 aliphatic heterocycles. The summed E-state index contributed by atoms with van der Waals surface area (Å²) in [6, 6.07) is 13.8. The fraction of sp³-hybridized carbons (Fsp3) is 0.174. The van der Waals surface area contributed by atoms with Crippen LogP contribution < -0.4 is 18.9 Å². The molecule has 1 N–H and O–H groups in total. The molecule has 3 heterocycles. The zero-order chi connectivity index (χ0) is 22.3. The van der Waals surface area contributed by atoms with Crippen molar-refractivity contribution in [2.75, 3.05) is 25.0 Å². The Balaban J connectivity index is 1.51. The summed E-state index contributed by atoms with van der Waals surface area (Å²) in [6.07, 6.45) is 3.84. The Labute approximate surface area is 185 Å². The van der Waals surface area contributed by atoms with Crippen LogP contribution in [0.4, 0.5) is 5.69 Å². The van der Waals surface area contributed by atoms with Crippen LogP contribution in [-0.2, 0) is 10.0 Å². The van der Waals surface area contributed by atoms with E-state index in [1.165, 1.54) is 19.2 Å². The van der Waals surface area contributed by atoms with Crippen molar-refractivity contribution < 1.29 is 22.6 Å². The second-order valence-electron chi connectivity index (χ2n) is 7.42. The number of pyridine rings is 1. The predicted molar refractivity (Wildman–Crippen MR) is 120 cm³/mol. The second-order valence-corrected chi connectivity index (χ2v) is 9.10. The molecule has 0 spiro atoms. The third kappa shape index (κ3) is 3.71. The molecule has 2 aromatic heterocycles. The van der Waals surface area contributed by atoms with Crippen molar-refractivity contribution in [1.29, 1.82) is 0 Å². The Morgan fingerprint density at radius 3 is 2.66 bits per heavy atom. The molecular formula is C23H21N3O5S. The Morgan fingerprint density at radius 1 is 1.03 bits per heavy atom. The molecule has 0 bridgehead atoms. The summed E-state index contributed by atoms with van der Waals surface area (Å²) in [6.45, 7) is 2.81. The number of ether oxygens (including phenoxy) is 3. The molecule has 0 saturated carbocycles. The highest BCUT2D eigenvalue weighted by atomic mass is 32.2. The van der Waals surface area contributed by atoms with E-state index in [0.717, 1.165) is 22.5 Å². The van der Waals surface area contributed by atoms with Gasteiger partial charge < -0.3 is 18.6 Å². The number of fused-ring (bicyclic) bond motifs is 2. The van der Waals surface area contributed by atoms with Gasteiger partial charge in [-0.3, -0.25) is 4.72 Å². The van der Waals surface area contributed by atoms with Crippen LogP contribution in [0.5, 0.6) is 17.2 Å². The van der Waals surface area contributed by atoms with Crippen molar-refractivity contribution in [2.24, 2.45) is 0 Å². The van der Waals surface area contributed by atoms with E-state index in [-0.39, 0.29) is 4.90 Å². The molecule has 8 nitrogen and oxygen atoms in total. The van der Waals surface area contributed by atoms with Gasteiger partial charge in [-0.1, -0.05) is 0 Å². The first-order chi connectivity index (χ1) is 15.4. The van der Waals surface area contributed by atoms with Crippen molar-refractivity contribution in [1.82, 2.24) is 9.38 Å². The van der Waals surface area contributed by atoms with Crippen LogP contribution in [0.3, 0.4) is 0 Å². The molecule has 0 saturated heterocycles. The van der Waals surface area contributed by atoms with E-state index in [1.807, 2.05) is 41.9 Å². The Kier molecular flexibility index (Phi) is 4.90. The number of aromatic nitrogens is 2. The first-order valence-corrected chi connectivity index (χ1v) is 11.5. The van der Waals surface area contributed by atoms with Gasteiger partial charge in [-0.2, -0.15) is 0 Å². The van der Waals surface area contributed by atoms with Crippen LogP contribution in [0, 0.1) is 6.92 Å². The third-order valence-corrected chi connectivity index (χ3v) is 6.54.